The maximum absolute atomic E-state index is 14.1. The molecule has 45 heavy (non-hydrogen) atoms. The van der Waals surface area contributed by atoms with Gasteiger partial charge in [0.2, 0.25) is 17.6 Å². The Bertz CT molecular complexity index is 1490. The predicted molar refractivity (Wildman–Crippen MR) is 164 cm³/mol. The monoisotopic (exact) mass is 661 g/mol. The van der Waals surface area contributed by atoms with Crippen LogP contribution in [0.2, 0.25) is 10.0 Å². The van der Waals surface area contributed by atoms with Gasteiger partial charge in [0, 0.05) is 34.5 Å². The first-order valence-corrected chi connectivity index (χ1v) is 15.8. The van der Waals surface area contributed by atoms with Crippen LogP contribution >= 0.6 is 23.2 Å². The number of carbonyl (C=O) groups excluding carboxylic acids is 3. The molecule has 15 heteroatoms. The number of tetrazole rings is 1. The SMILES string of the molecule is CC(C)(C)OC(=O)N[C@@H]1CCCCC/C=C\[C@@H]2C[C@]2(C(=O)O)NC(=O)[C@@H]2C[C@H](n3nnc(-c4cc(Cl)cc(Cl)c4)n3)CN2C1=O. The summed E-state index contributed by atoms with van der Waals surface area (Å²) in [6.45, 7) is 5.21. The van der Waals surface area contributed by atoms with Gasteiger partial charge in [0.05, 0.1) is 6.04 Å². The zero-order valence-corrected chi connectivity index (χ0v) is 26.8. The van der Waals surface area contributed by atoms with Crippen LogP contribution in [0.25, 0.3) is 11.4 Å². The summed E-state index contributed by atoms with van der Waals surface area (Å²) in [4.78, 5) is 55.8. The fourth-order valence-electron chi connectivity index (χ4n) is 5.87. The number of aliphatic carboxylic acids is 1. The summed E-state index contributed by atoms with van der Waals surface area (Å²) in [5.41, 5.74) is -1.69. The molecule has 3 aliphatic rings. The average molecular weight is 663 g/mol. The summed E-state index contributed by atoms with van der Waals surface area (Å²) in [7, 11) is 0. The molecule has 0 unspecified atom stereocenters. The predicted octanol–water partition coefficient (Wildman–Crippen LogP) is 4.16. The van der Waals surface area contributed by atoms with Crippen LogP contribution in [0.1, 0.15) is 71.8 Å². The third kappa shape index (κ3) is 7.58. The number of benzene rings is 1. The lowest BCUT2D eigenvalue weighted by atomic mass is 10.0. The lowest BCUT2D eigenvalue weighted by Gasteiger charge is -2.30. The third-order valence-corrected chi connectivity index (χ3v) is 8.64. The van der Waals surface area contributed by atoms with Gasteiger partial charge in [-0.2, -0.15) is 4.80 Å². The van der Waals surface area contributed by atoms with E-state index < -0.39 is 53.1 Å². The number of hydrogen-bond donors (Lipinski definition) is 3. The molecule has 2 fully saturated rings. The van der Waals surface area contributed by atoms with Gasteiger partial charge in [-0.15, -0.1) is 10.2 Å². The number of allylic oxidation sites excluding steroid dienone is 1. The van der Waals surface area contributed by atoms with Crippen LogP contribution in [0.3, 0.4) is 0 Å². The first kappa shape index (κ1) is 32.7. The van der Waals surface area contributed by atoms with Crippen molar-refractivity contribution in [1.82, 2.24) is 35.7 Å². The van der Waals surface area contributed by atoms with Crippen molar-refractivity contribution < 1.29 is 29.0 Å². The minimum Gasteiger partial charge on any atom is -0.479 e. The quantitative estimate of drug-likeness (QED) is 0.407. The van der Waals surface area contributed by atoms with E-state index in [1.165, 1.54) is 9.70 Å². The number of nitrogens with zero attached hydrogens (tertiary/aromatic N) is 5. The fraction of sp³-hybridized carbons (Fsp3) is 0.567. The smallest absolute Gasteiger partial charge is 0.408 e. The van der Waals surface area contributed by atoms with Gasteiger partial charge in [-0.3, -0.25) is 9.59 Å². The van der Waals surface area contributed by atoms with Gasteiger partial charge < -0.3 is 25.4 Å². The van der Waals surface area contributed by atoms with E-state index in [2.05, 4.69) is 26.0 Å². The second kappa shape index (κ2) is 13.0. The number of amides is 3. The lowest BCUT2D eigenvalue weighted by molar-refractivity contribution is -0.145. The van der Waals surface area contributed by atoms with E-state index >= 15 is 0 Å². The molecule has 13 nitrogen and oxygen atoms in total. The van der Waals surface area contributed by atoms with Gasteiger partial charge in [0.1, 0.15) is 23.2 Å². The maximum Gasteiger partial charge on any atom is 0.408 e. The largest absolute Gasteiger partial charge is 0.479 e. The molecule has 5 rings (SSSR count). The summed E-state index contributed by atoms with van der Waals surface area (Å²) < 4.78 is 5.43. The van der Waals surface area contributed by atoms with E-state index in [0.717, 1.165) is 19.3 Å². The molecular weight excluding hydrogens is 625 g/mol. The highest BCUT2D eigenvalue weighted by Gasteiger charge is 2.61. The number of aromatic nitrogens is 4. The minimum absolute atomic E-state index is 0.0267. The van der Waals surface area contributed by atoms with Gasteiger partial charge in [-0.05, 0) is 69.9 Å². The van der Waals surface area contributed by atoms with Gasteiger partial charge in [0.25, 0.3) is 0 Å². The molecule has 3 N–H and O–H groups in total. The number of fused-ring (bicyclic) bond motifs is 2. The number of nitrogens with one attached hydrogen (secondary N) is 2. The standard InChI is InChI=1S/C30H37Cl2N7O6/c1-29(2,3)45-28(44)33-22-10-8-6-4-5-7-9-18-15-30(18,27(42)43)34-25(40)23-14-21(16-38(23)26(22)41)39-36-24(35-37-39)17-11-19(31)13-20(32)12-17/h7,9,11-13,18,21-23H,4-6,8,10,14-16H2,1-3H3,(H,33,44)(H,34,40)(H,42,43)/b9-7-/t18-,21+,22-,23+,30+/m1/s1. The minimum atomic E-state index is -1.45. The summed E-state index contributed by atoms with van der Waals surface area (Å²) in [6.07, 6.45) is 6.75. The summed E-state index contributed by atoms with van der Waals surface area (Å²) in [5, 5.41) is 29.1. The summed E-state index contributed by atoms with van der Waals surface area (Å²) in [6, 6.07) is 2.27. The van der Waals surface area contributed by atoms with Crippen LogP contribution in [0.4, 0.5) is 4.79 Å². The van der Waals surface area contributed by atoms with Gasteiger partial charge >= 0.3 is 12.1 Å². The van der Waals surface area contributed by atoms with Crippen LogP contribution in [-0.2, 0) is 19.1 Å². The average Bonchev–Trinajstić information content (AvgIpc) is 3.26. The number of carboxylic acids is 1. The van der Waals surface area contributed by atoms with E-state index in [0.29, 0.717) is 28.5 Å². The molecule has 2 aromatic rings. The Hall–Kier alpha value is -3.71. The van der Waals surface area contributed by atoms with Gasteiger partial charge in [-0.1, -0.05) is 48.2 Å². The van der Waals surface area contributed by atoms with E-state index in [4.69, 9.17) is 27.9 Å². The normalized spacial score (nSPS) is 28.2. The van der Waals surface area contributed by atoms with Crippen molar-refractivity contribution in [2.45, 2.75) is 95.0 Å². The molecule has 1 aliphatic carbocycles. The number of carboxylic acid groups (broad SMARTS) is 1. The highest BCUT2D eigenvalue weighted by atomic mass is 35.5. The second-order valence-electron chi connectivity index (χ2n) is 12.8. The number of halogens is 2. The molecule has 0 spiro atoms. The zero-order valence-electron chi connectivity index (χ0n) is 25.3. The zero-order chi connectivity index (χ0) is 32.5. The molecule has 3 amide bonds. The number of rotatable bonds is 4. The molecule has 1 aromatic heterocycles. The molecule has 0 radical (unpaired) electrons. The number of carbonyl (C=O) groups is 4. The van der Waals surface area contributed by atoms with Crippen LogP contribution in [-0.4, -0.2) is 83.9 Å². The molecule has 1 saturated carbocycles. The molecule has 1 saturated heterocycles. The number of alkyl carbamates (subject to hydrolysis) is 1. The van der Waals surface area contributed by atoms with E-state index in [1.807, 2.05) is 12.2 Å². The molecular formula is C30H37Cl2N7O6. The van der Waals surface area contributed by atoms with Crippen molar-refractivity contribution in [2.24, 2.45) is 5.92 Å². The highest BCUT2D eigenvalue weighted by Crippen LogP contribution is 2.45. The number of hydrogen-bond acceptors (Lipinski definition) is 8. The Morgan fingerprint density at radius 2 is 1.87 bits per heavy atom. The molecule has 0 bridgehead atoms. The Morgan fingerprint density at radius 1 is 1.13 bits per heavy atom. The van der Waals surface area contributed by atoms with Gasteiger partial charge in [-0.25, -0.2) is 9.59 Å². The molecule has 2 aliphatic heterocycles. The Kier molecular flexibility index (Phi) is 9.41. The second-order valence-corrected chi connectivity index (χ2v) is 13.7. The van der Waals surface area contributed by atoms with E-state index in [9.17, 15) is 24.3 Å². The van der Waals surface area contributed by atoms with Crippen LogP contribution in [0, 0.1) is 5.92 Å². The lowest BCUT2D eigenvalue weighted by Crippen LogP contribution is -2.56. The maximum atomic E-state index is 14.1. The van der Waals surface area contributed by atoms with Crippen molar-refractivity contribution >= 4 is 47.1 Å². The van der Waals surface area contributed by atoms with Crippen LogP contribution in [0.15, 0.2) is 30.4 Å². The van der Waals surface area contributed by atoms with Crippen molar-refractivity contribution in [3.05, 3.63) is 40.4 Å². The third-order valence-electron chi connectivity index (χ3n) is 8.20. The Morgan fingerprint density at radius 3 is 2.56 bits per heavy atom. The Labute approximate surface area is 270 Å². The van der Waals surface area contributed by atoms with Crippen molar-refractivity contribution in [3.8, 4) is 11.4 Å². The van der Waals surface area contributed by atoms with Crippen molar-refractivity contribution in [3.63, 3.8) is 0 Å². The highest BCUT2D eigenvalue weighted by molar-refractivity contribution is 6.35. The summed E-state index contributed by atoms with van der Waals surface area (Å²) >= 11 is 12.3. The first-order valence-electron chi connectivity index (χ1n) is 15.0. The van der Waals surface area contributed by atoms with Crippen LogP contribution < -0.4 is 10.6 Å². The van der Waals surface area contributed by atoms with Gasteiger partial charge in [0.15, 0.2) is 0 Å². The van der Waals surface area contributed by atoms with Crippen LogP contribution in [0.5, 0.6) is 0 Å². The van der Waals surface area contributed by atoms with Crippen molar-refractivity contribution in [1.29, 1.82) is 0 Å². The van der Waals surface area contributed by atoms with E-state index in [1.54, 1.807) is 39.0 Å². The van der Waals surface area contributed by atoms with E-state index in [-0.39, 0.29) is 31.1 Å². The molecule has 3 heterocycles. The Balaban J connectivity index is 1.45. The number of ether oxygens (including phenoxy) is 1. The summed E-state index contributed by atoms with van der Waals surface area (Å²) in [5.74, 6) is -2.31. The first-order chi connectivity index (χ1) is 21.3. The molecule has 242 valence electrons. The molecule has 1 aromatic carbocycles. The topological polar surface area (TPSA) is 169 Å². The fourth-order valence-corrected chi connectivity index (χ4v) is 6.40. The van der Waals surface area contributed by atoms with Crippen molar-refractivity contribution in [2.75, 3.05) is 6.54 Å². The molecule has 5 atom stereocenters.